The Kier molecular flexibility index (Phi) is 7.29. The fraction of sp³-hybridized carbons (Fsp3) is 0.600. The van der Waals surface area contributed by atoms with E-state index in [9.17, 15) is 9.59 Å². The number of fused-ring (bicyclic) bond motifs is 1. The van der Waals surface area contributed by atoms with Crippen molar-refractivity contribution in [1.82, 2.24) is 4.90 Å². The van der Waals surface area contributed by atoms with Crippen molar-refractivity contribution in [2.75, 3.05) is 12.3 Å². The molecule has 2 amide bonds. The summed E-state index contributed by atoms with van der Waals surface area (Å²) in [4.78, 5) is 25.9. The number of carbonyl (C=O) groups is 2. The van der Waals surface area contributed by atoms with Crippen LogP contribution >= 0.6 is 0 Å². The van der Waals surface area contributed by atoms with E-state index in [1.807, 2.05) is 0 Å². The molecule has 2 N–H and O–H groups in total. The van der Waals surface area contributed by atoms with E-state index in [4.69, 9.17) is 5.73 Å². The van der Waals surface area contributed by atoms with Gasteiger partial charge in [0.1, 0.15) is 0 Å². The molecular formula is C20H30N2O2. The second kappa shape index (κ2) is 9.45. The molecule has 0 aromatic heterocycles. The van der Waals surface area contributed by atoms with Crippen LogP contribution in [0.1, 0.15) is 91.8 Å². The number of nitrogens with zero attached hydrogens (tertiary/aromatic N) is 1. The Morgan fingerprint density at radius 1 is 0.792 bits per heavy atom. The number of hydrogen-bond donors (Lipinski definition) is 1. The number of amides is 2. The summed E-state index contributed by atoms with van der Waals surface area (Å²) in [5.74, 6) is -0.371. The highest BCUT2D eigenvalue weighted by atomic mass is 16.2. The van der Waals surface area contributed by atoms with Gasteiger partial charge in [0.15, 0.2) is 0 Å². The van der Waals surface area contributed by atoms with Crippen LogP contribution in [0.25, 0.3) is 0 Å². The number of rotatable bonds is 11. The van der Waals surface area contributed by atoms with E-state index in [0.29, 0.717) is 23.4 Å². The quantitative estimate of drug-likeness (QED) is 0.360. The predicted octanol–water partition coefficient (Wildman–Crippen LogP) is 4.79. The van der Waals surface area contributed by atoms with Crippen molar-refractivity contribution in [3.8, 4) is 0 Å². The average Bonchev–Trinajstić information content (AvgIpc) is 2.80. The third-order valence-electron chi connectivity index (χ3n) is 4.73. The van der Waals surface area contributed by atoms with E-state index in [1.54, 1.807) is 18.2 Å². The minimum atomic E-state index is -0.196. The molecule has 24 heavy (non-hydrogen) atoms. The van der Waals surface area contributed by atoms with Crippen LogP contribution in [0.4, 0.5) is 5.69 Å². The first-order valence-corrected chi connectivity index (χ1v) is 9.41. The summed E-state index contributed by atoms with van der Waals surface area (Å²) < 4.78 is 0. The molecule has 0 aliphatic carbocycles. The molecule has 1 aliphatic heterocycles. The summed E-state index contributed by atoms with van der Waals surface area (Å²) in [6.45, 7) is 2.76. The summed E-state index contributed by atoms with van der Waals surface area (Å²) in [6, 6.07) is 4.94. The summed E-state index contributed by atoms with van der Waals surface area (Å²) >= 11 is 0. The third-order valence-corrected chi connectivity index (χ3v) is 4.73. The fourth-order valence-electron chi connectivity index (χ4n) is 3.27. The normalized spacial score (nSPS) is 13.6. The second-order valence-corrected chi connectivity index (χ2v) is 6.75. The largest absolute Gasteiger partial charge is 0.399 e. The zero-order valence-electron chi connectivity index (χ0n) is 14.9. The number of unbranched alkanes of at least 4 members (excludes halogenated alkanes) is 9. The molecule has 0 fully saturated rings. The lowest BCUT2D eigenvalue weighted by Gasteiger charge is -2.13. The smallest absolute Gasteiger partial charge is 0.261 e. The number of anilines is 1. The Labute approximate surface area is 145 Å². The number of imide groups is 1. The van der Waals surface area contributed by atoms with Crippen LogP contribution in [0, 0.1) is 0 Å². The van der Waals surface area contributed by atoms with Gasteiger partial charge in [-0.1, -0.05) is 64.7 Å². The van der Waals surface area contributed by atoms with Gasteiger partial charge in [-0.2, -0.15) is 0 Å². The van der Waals surface area contributed by atoms with Crippen molar-refractivity contribution in [3.05, 3.63) is 29.3 Å². The van der Waals surface area contributed by atoms with Crippen LogP contribution in [0.2, 0.25) is 0 Å². The molecule has 1 aromatic rings. The van der Waals surface area contributed by atoms with Crippen molar-refractivity contribution in [1.29, 1.82) is 0 Å². The Balaban J connectivity index is 1.62. The zero-order valence-corrected chi connectivity index (χ0v) is 14.9. The molecule has 0 unspecified atom stereocenters. The molecule has 0 bridgehead atoms. The standard InChI is InChI=1S/C20H30N2O2/c1-2-3-4-5-6-7-8-9-10-11-14-22-19(23)17-13-12-16(21)15-18(17)20(22)24/h12-13,15H,2-11,14,21H2,1H3. The van der Waals surface area contributed by atoms with Crippen LogP contribution in [0.3, 0.4) is 0 Å². The number of nitrogens with two attached hydrogens (primary N) is 1. The van der Waals surface area contributed by atoms with Gasteiger partial charge in [-0.3, -0.25) is 14.5 Å². The maximum Gasteiger partial charge on any atom is 0.261 e. The second-order valence-electron chi connectivity index (χ2n) is 6.75. The molecule has 1 aliphatic rings. The van der Waals surface area contributed by atoms with Gasteiger partial charge in [-0.05, 0) is 24.6 Å². The van der Waals surface area contributed by atoms with Crippen molar-refractivity contribution in [2.24, 2.45) is 0 Å². The van der Waals surface area contributed by atoms with E-state index in [1.165, 1.54) is 56.3 Å². The molecule has 0 atom stereocenters. The van der Waals surface area contributed by atoms with Gasteiger partial charge in [0, 0.05) is 12.2 Å². The van der Waals surface area contributed by atoms with Gasteiger partial charge in [0.2, 0.25) is 0 Å². The van der Waals surface area contributed by atoms with Gasteiger partial charge in [0.25, 0.3) is 11.8 Å². The lowest BCUT2D eigenvalue weighted by Crippen LogP contribution is -2.30. The SMILES string of the molecule is CCCCCCCCCCCCN1C(=O)c2ccc(N)cc2C1=O. The molecule has 0 spiro atoms. The fourth-order valence-corrected chi connectivity index (χ4v) is 3.27. The molecule has 1 aromatic carbocycles. The first-order valence-electron chi connectivity index (χ1n) is 9.41. The lowest BCUT2D eigenvalue weighted by atomic mass is 10.1. The number of nitrogen functional groups attached to an aromatic ring is 1. The molecule has 1 heterocycles. The topological polar surface area (TPSA) is 63.4 Å². The average molecular weight is 330 g/mol. The van der Waals surface area contributed by atoms with Crippen molar-refractivity contribution < 1.29 is 9.59 Å². The van der Waals surface area contributed by atoms with Crippen molar-refractivity contribution in [3.63, 3.8) is 0 Å². The molecule has 0 radical (unpaired) electrons. The Morgan fingerprint density at radius 3 is 1.96 bits per heavy atom. The van der Waals surface area contributed by atoms with E-state index in [-0.39, 0.29) is 11.8 Å². The summed E-state index contributed by atoms with van der Waals surface area (Å²) in [7, 11) is 0. The molecule has 0 saturated heterocycles. The van der Waals surface area contributed by atoms with Crippen LogP contribution < -0.4 is 5.73 Å². The van der Waals surface area contributed by atoms with E-state index >= 15 is 0 Å². The van der Waals surface area contributed by atoms with Gasteiger partial charge in [-0.15, -0.1) is 0 Å². The van der Waals surface area contributed by atoms with Crippen LogP contribution in [0.5, 0.6) is 0 Å². The van der Waals surface area contributed by atoms with E-state index < -0.39 is 0 Å². The minimum absolute atomic E-state index is 0.175. The summed E-state index contributed by atoms with van der Waals surface area (Å²) in [5.41, 5.74) is 7.17. The van der Waals surface area contributed by atoms with Crippen molar-refractivity contribution in [2.45, 2.75) is 71.1 Å². The highest BCUT2D eigenvalue weighted by Gasteiger charge is 2.34. The van der Waals surface area contributed by atoms with Gasteiger partial charge in [0.05, 0.1) is 11.1 Å². The van der Waals surface area contributed by atoms with Crippen LogP contribution in [-0.2, 0) is 0 Å². The Bertz CT molecular complexity index is 569. The molecule has 4 heteroatoms. The number of carbonyl (C=O) groups excluding carboxylic acids is 2. The molecular weight excluding hydrogens is 300 g/mol. The Hall–Kier alpha value is -1.84. The van der Waals surface area contributed by atoms with Gasteiger partial charge in [-0.25, -0.2) is 0 Å². The van der Waals surface area contributed by atoms with E-state index in [0.717, 1.165) is 12.8 Å². The number of benzene rings is 1. The number of hydrogen-bond acceptors (Lipinski definition) is 3. The molecule has 0 saturated carbocycles. The first kappa shape index (κ1) is 18.5. The zero-order chi connectivity index (χ0) is 17.4. The molecule has 132 valence electrons. The maximum atomic E-state index is 12.3. The summed E-state index contributed by atoms with van der Waals surface area (Å²) in [5, 5.41) is 0. The maximum absolute atomic E-state index is 12.3. The summed E-state index contributed by atoms with van der Waals surface area (Å²) in [6.07, 6.45) is 12.4. The highest BCUT2D eigenvalue weighted by molar-refractivity contribution is 6.21. The first-order chi connectivity index (χ1) is 11.6. The Morgan fingerprint density at radius 2 is 1.33 bits per heavy atom. The van der Waals surface area contributed by atoms with E-state index in [2.05, 4.69) is 6.92 Å². The van der Waals surface area contributed by atoms with Gasteiger partial charge >= 0.3 is 0 Å². The van der Waals surface area contributed by atoms with Crippen LogP contribution in [0.15, 0.2) is 18.2 Å². The van der Waals surface area contributed by atoms with Gasteiger partial charge < -0.3 is 5.73 Å². The van der Waals surface area contributed by atoms with Crippen molar-refractivity contribution >= 4 is 17.5 Å². The third kappa shape index (κ3) is 4.83. The molecule has 4 nitrogen and oxygen atoms in total. The minimum Gasteiger partial charge on any atom is -0.399 e. The predicted molar refractivity (Wildman–Crippen MR) is 98.1 cm³/mol. The van der Waals surface area contributed by atoms with Crippen LogP contribution in [-0.4, -0.2) is 23.3 Å². The lowest BCUT2D eigenvalue weighted by molar-refractivity contribution is 0.0651. The highest BCUT2D eigenvalue weighted by Crippen LogP contribution is 2.25. The molecule has 2 rings (SSSR count). The monoisotopic (exact) mass is 330 g/mol.